The molecule has 4 heterocycles. The van der Waals surface area contributed by atoms with Crippen LogP contribution >= 0.6 is 0 Å². The number of rotatable bonds is 6. The highest BCUT2D eigenvalue weighted by molar-refractivity contribution is 7.89. The van der Waals surface area contributed by atoms with Gasteiger partial charge in [-0.25, -0.2) is 8.42 Å². The fourth-order valence-corrected chi connectivity index (χ4v) is 6.22. The number of fused-ring (bicyclic) bond motifs is 2. The fourth-order valence-electron chi connectivity index (χ4n) is 4.37. The molecule has 2 aliphatic rings. The van der Waals surface area contributed by atoms with Gasteiger partial charge < -0.3 is 9.64 Å². The first kappa shape index (κ1) is 19.9. The van der Waals surface area contributed by atoms with Gasteiger partial charge >= 0.3 is 0 Å². The van der Waals surface area contributed by atoms with E-state index in [1.807, 2.05) is 0 Å². The van der Waals surface area contributed by atoms with Gasteiger partial charge in [0, 0.05) is 38.0 Å². The SMILES string of the molecule is COC[C@H]1CN(Cc2cn[nH]n2)C(=O)C2CCCC1N2S(=O)(=O)c1cccnc1. The molecule has 10 nitrogen and oxygen atoms in total. The van der Waals surface area contributed by atoms with E-state index in [0.29, 0.717) is 31.7 Å². The molecule has 2 aromatic rings. The van der Waals surface area contributed by atoms with Gasteiger partial charge in [-0.05, 0) is 31.4 Å². The number of aromatic nitrogens is 4. The van der Waals surface area contributed by atoms with E-state index in [9.17, 15) is 13.2 Å². The van der Waals surface area contributed by atoms with Crippen molar-refractivity contribution in [2.24, 2.45) is 5.92 Å². The van der Waals surface area contributed by atoms with Crippen LogP contribution in [-0.4, -0.2) is 76.3 Å². The maximum Gasteiger partial charge on any atom is 0.245 e. The van der Waals surface area contributed by atoms with Crippen LogP contribution in [0, 0.1) is 5.92 Å². The number of pyridine rings is 1. The normalized spacial score (nSPS) is 25.8. The molecule has 0 radical (unpaired) electrons. The molecule has 0 spiro atoms. The maximum atomic E-state index is 13.5. The van der Waals surface area contributed by atoms with E-state index >= 15 is 0 Å². The lowest BCUT2D eigenvalue weighted by molar-refractivity contribution is -0.135. The zero-order chi connectivity index (χ0) is 20.4. The molecule has 2 bridgehead atoms. The van der Waals surface area contributed by atoms with Gasteiger partial charge in [-0.1, -0.05) is 0 Å². The topological polar surface area (TPSA) is 121 Å². The summed E-state index contributed by atoms with van der Waals surface area (Å²) in [6, 6.07) is 2.05. The summed E-state index contributed by atoms with van der Waals surface area (Å²) in [5.74, 6) is -0.351. The fraction of sp³-hybridized carbons (Fsp3) is 0.556. The van der Waals surface area contributed by atoms with E-state index in [-0.39, 0.29) is 29.3 Å². The zero-order valence-electron chi connectivity index (χ0n) is 16.1. The van der Waals surface area contributed by atoms with Gasteiger partial charge in [-0.3, -0.25) is 9.78 Å². The minimum atomic E-state index is -3.88. The highest BCUT2D eigenvalue weighted by atomic mass is 32.2. The molecule has 0 aromatic carbocycles. The number of H-pyrrole nitrogens is 1. The van der Waals surface area contributed by atoms with Crippen molar-refractivity contribution in [3.63, 3.8) is 0 Å². The smallest absolute Gasteiger partial charge is 0.245 e. The Morgan fingerprint density at radius 3 is 2.86 bits per heavy atom. The van der Waals surface area contributed by atoms with Crippen molar-refractivity contribution in [2.45, 2.75) is 42.8 Å². The predicted octanol–water partition coefficient (Wildman–Crippen LogP) is 0.417. The van der Waals surface area contributed by atoms with Crippen LogP contribution in [0.15, 0.2) is 35.6 Å². The number of ether oxygens (including phenoxy) is 1. The second-order valence-electron chi connectivity index (χ2n) is 7.43. The van der Waals surface area contributed by atoms with Gasteiger partial charge in [0.25, 0.3) is 0 Å². The van der Waals surface area contributed by atoms with Crippen LogP contribution in [0.4, 0.5) is 0 Å². The number of nitrogens with one attached hydrogen (secondary N) is 1. The summed E-state index contributed by atoms with van der Waals surface area (Å²) in [4.78, 5) is 19.2. The number of nitrogens with zero attached hydrogens (tertiary/aromatic N) is 5. The summed E-state index contributed by atoms with van der Waals surface area (Å²) in [6.07, 6.45) is 6.40. The number of methoxy groups -OCH3 is 1. The third-order valence-electron chi connectivity index (χ3n) is 5.62. The molecule has 1 amide bonds. The highest BCUT2D eigenvalue weighted by Crippen LogP contribution is 2.37. The molecule has 29 heavy (non-hydrogen) atoms. The van der Waals surface area contributed by atoms with Gasteiger partial charge in [0.2, 0.25) is 15.9 Å². The molecule has 0 aliphatic carbocycles. The third kappa shape index (κ3) is 3.77. The zero-order valence-corrected chi connectivity index (χ0v) is 17.0. The summed E-state index contributed by atoms with van der Waals surface area (Å²) in [5, 5.41) is 10.4. The minimum Gasteiger partial charge on any atom is -0.384 e. The van der Waals surface area contributed by atoms with Gasteiger partial charge in [-0.15, -0.1) is 0 Å². The second kappa shape index (κ2) is 8.17. The largest absolute Gasteiger partial charge is 0.384 e. The average Bonchev–Trinajstić information content (AvgIpc) is 3.23. The van der Waals surface area contributed by atoms with Crippen LogP contribution in [0.3, 0.4) is 0 Å². The van der Waals surface area contributed by atoms with E-state index in [0.717, 1.165) is 6.42 Å². The lowest BCUT2D eigenvalue weighted by Gasteiger charge is -2.40. The molecule has 2 unspecified atom stereocenters. The first-order chi connectivity index (χ1) is 14.0. The summed E-state index contributed by atoms with van der Waals surface area (Å²) in [6.45, 7) is 1.04. The average molecular weight is 420 g/mol. The molecule has 3 atom stereocenters. The highest BCUT2D eigenvalue weighted by Gasteiger charge is 2.50. The number of carbonyl (C=O) groups excluding carboxylic acids is 1. The van der Waals surface area contributed by atoms with E-state index in [2.05, 4.69) is 20.4 Å². The lowest BCUT2D eigenvalue weighted by Crippen LogP contribution is -2.55. The van der Waals surface area contributed by atoms with Gasteiger partial charge in [0.05, 0.1) is 19.3 Å². The number of aromatic amines is 1. The Hall–Kier alpha value is -2.37. The molecular formula is C18H24N6O4S. The predicted molar refractivity (Wildman–Crippen MR) is 102 cm³/mol. The molecule has 2 aliphatic heterocycles. The van der Waals surface area contributed by atoms with E-state index in [4.69, 9.17) is 4.74 Å². The Kier molecular flexibility index (Phi) is 5.61. The number of carbonyl (C=O) groups is 1. The molecule has 156 valence electrons. The number of hydrogen-bond acceptors (Lipinski definition) is 7. The van der Waals surface area contributed by atoms with Crippen molar-refractivity contribution in [2.75, 3.05) is 20.3 Å². The second-order valence-corrected chi connectivity index (χ2v) is 9.28. The van der Waals surface area contributed by atoms with Crippen molar-refractivity contribution in [1.82, 2.24) is 29.6 Å². The van der Waals surface area contributed by atoms with Crippen molar-refractivity contribution in [1.29, 1.82) is 0 Å². The van der Waals surface area contributed by atoms with Gasteiger partial charge in [0.1, 0.15) is 16.6 Å². The maximum absolute atomic E-state index is 13.5. The van der Waals surface area contributed by atoms with Crippen LogP contribution in [0.25, 0.3) is 0 Å². The van der Waals surface area contributed by atoms with E-state index in [1.54, 1.807) is 24.3 Å². The summed E-state index contributed by atoms with van der Waals surface area (Å²) < 4.78 is 33.9. The third-order valence-corrected chi connectivity index (χ3v) is 7.53. The summed E-state index contributed by atoms with van der Waals surface area (Å²) in [7, 11) is -2.29. The number of amides is 1. The minimum absolute atomic E-state index is 0.103. The molecule has 2 saturated heterocycles. The van der Waals surface area contributed by atoms with Crippen molar-refractivity contribution in [3.8, 4) is 0 Å². The Morgan fingerprint density at radius 1 is 1.31 bits per heavy atom. The molecule has 2 aromatic heterocycles. The van der Waals surface area contributed by atoms with Gasteiger partial charge in [0.15, 0.2) is 0 Å². The van der Waals surface area contributed by atoms with Crippen LogP contribution in [-0.2, 0) is 26.1 Å². The Bertz CT molecular complexity index is 937. The van der Waals surface area contributed by atoms with Crippen LogP contribution in [0.5, 0.6) is 0 Å². The number of hydrogen-bond donors (Lipinski definition) is 1. The molecule has 2 fully saturated rings. The number of piperidine rings is 1. The number of sulfonamides is 1. The first-order valence-corrected chi connectivity index (χ1v) is 11.0. The lowest BCUT2D eigenvalue weighted by atomic mass is 9.91. The van der Waals surface area contributed by atoms with Crippen LogP contribution in [0.1, 0.15) is 25.0 Å². The molecule has 1 N–H and O–H groups in total. The van der Waals surface area contributed by atoms with Crippen molar-refractivity contribution in [3.05, 3.63) is 36.4 Å². The van der Waals surface area contributed by atoms with Gasteiger partial charge in [-0.2, -0.15) is 19.7 Å². The summed E-state index contributed by atoms with van der Waals surface area (Å²) in [5.41, 5.74) is 0.632. The first-order valence-electron chi connectivity index (χ1n) is 9.58. The standard InChI is InChI=1S/C18H24N6O4S/c1-28-12-13-10-23(11-14-8-20-22-21-14)18(25)17-6-2-5-16(13)24(17)29(26,27)15-4-3-7-19-9-15/h3-4,7-9,13,16-17H,2,5-6,10-12H2,1H3,(H,20,21,22)/t13-,16?,17?/m1/s1. The van der Waals surface area contributed by atoms with E-state index in [1.165, 1.54) is 22.8 Å². The Balaban J connectivity index is 1.74. The quantitative estimate of drug-likeness (QED) is 0.719. The summed E-state index contributed by atoms with van der Waals surface area (Å²) >= 11 is 0. The van der Waals surface area contributed by atoms with E-state index < -0.39 is 16.1 Å². The molecule has 11 heteroatoms. The molecular weight excluding hydrogens is 396 g/mol. The van der Waals surface area contributed by atoms with Crippen LogP contribution < -0.4 is 0 Å². The monoisotopic (exact) mass is 420 g/mol. The molecule has 0 saturated carbocycles. The molecule has 4 rings (SSSR count). The van der Waals surface area contributed by atoms with Crippen molar-refractivity contribution >= 4 is 15.9 Å². The Morgan fingerprint density at radius 2 is 2.17 bits per heavy atom. The Labute approximate surface area is 169 Å². The van der Waals surface area contributed by atoms with Crippen molar-refractivity contribution < 1.29 is 17.9 Å². The van der Waals surface area contributed by atoms with Crippen LogP contribution in [0.2, 0.25) is 0 Å².